The highest BCUT2D eigenvalue weighted by atomic mass is 28.5. The Morgan fingerprint density at radius 3 is 1.56 bits per heavy atom. The molecule has 0 aromatic rings. The van der Waals surface area contributed by atoms with Crippen LogP contribution in [0.15, 0.2) is 24.3 Å². The first-order chi connectivity index (χ1) is 14.5. The van der Waals surface area contributed by atoms with E-state index in [0.29, 0.717) is 24.4 Å². The maximum atomic E-state index is 11.5. The van der Waals surface area contributed by atoms with E-state index in [1.54, 1.807) is 13.8 Å². The molecule has 0 aliphatic rings. The third kappa shape index (κ3) is 15.1. The number of carbonyl (C=O) groups excluding carboxylic acids is 2. The van der Waals surface area contributed by atoms with Crippen LogP contribution in [-0.2, 0) is 31.4 Å². The second-order valence-corrected chi connectivity index (χ2v) is 24.5. The Balaban J connectivity index is 4.45. The fourth-order valence-corrected chi connectivity index (χ4v) is 19.5. The molecule has 0 aliphatic heterocycles. The van der Waals surface area contributed by atoms with Crippen molar-refractivity contribution in [1.82, 2.24) is 0 Å². The van der Waals surface area contributed by atoms with Crippen LogP contribution in [-0.4, -0.2) is 59.6 Å². The van der Waals surface area contributed by atoms with Crippen LogP contribution < -0.4 is 0 Å². The lowest BCUT2D eigenvalue weighted by Gasteiger charge is -2.37. The van der Waals surface area contributed by atoms with Gasteiger partial charge in [-0.1, -0.05) is 13.2 Å². The van der Waals surface area contributed by atoms with E-state index in [0.717, 1.165) is 24.9 Å². The molecule has 0 bridgehead atoms. The minimum Gasteiger partial charge on any atom is -0.462 e. The van der Waals surface area contributed by atoms with Gasteiger partial charge < -0.3 is 21.8 Å². The molecule has 32 heavy (non-hydrogen) atoms. The molecule has 0 amide bonds. The van der Waals surface area contributed by atoms with Crippen LogP contribution in [0.3, 0.4) is 0 Å². The van der Waals surface area contributed by atoms with Crippen LogP contribution in [0.5, 0.6) is 0 Å². The molecule has 0 aliphatic carbocycles. The van der Waals surface area contributed by atoms with Gasteiger partial charge in [0.15, 0.2) is 16.6 Å². The first-order valence-corrected chi connectivity index (χ1v) is 22.3. The molecule has 0 rings (SSSR count). The molecule has 0 aromatic carbocycles. The average Bonchev–Trinajstić information content (AvgIpc) is 2.59. The van der Waals surface area contributed by atoms with Crippen LogP contribution in [0.1, 0.15) is 26.7 Å². The van der Waals surface area contributed by atoms with Crippen LogP contribution in [0, 0.1) is 0 Å². The quantitative estimate of drug-likeness (QED) is 0.122. The fraction of sp³-hybridized carbons (Fsp3) is 0.714. The molecular formula is C21H44O7Si4. The highest BCUT2D eigenvalue weighted by Crippen LogP contribution is 2.23. The molecule has 186 valence electrons. The lowest BCUT2D eigenvalue weighted by molar-refractivity contribution is -0.139. The second-order valence-electron chi connectivity index (χ2n) is 9.86. The number of hydrogen-bond donors (Lipinski definition) is 0. The molecule has 11 heteroatoms. The summed E-state index contributed by atoms with van der Waals surface area (Å²) in [5.41, 5.74) is 0.830. The lowest BCUT2D eigenvalue weighted by atomic mass is 10.4. The first kappa shape index (κ1) is 31.2. The van der Waals surface area contributed by atoms with Crippen molar-refractivity contribution in [2.24, 2.45) is 0 Å². The second kappa shape index (κ2) is 13.8. The third-order valence-corrected chi connectivity index (χ3v) is 19.2. The van der Waals surface area contributed by atoms with Crippen molar-refractivity contribution in [3.63, 3.8) is 0 Å². The van der Waals surface area contributed by atoms with E-state index in [-0.39, 0.29) is 11.9 Å². The average molecular weight is 521 g/mol. The van der Waals surface area contributed by atoms with E-state index < -0.39 is 34.5 Å². The van der Waals surface area contributed by atoms with Crippen LogP contribution in [0.2, 0.25) is 57.9 Å². The molecule has 0 fully saturated rings. The molecular weight excluding hydrogens is 477 g/mol. The standard InChI is InChI=1S/C21H44O7Si4/c1-18(2)20(22)24-14-12-16-30(6,7)26-29(5)27-32(10,11)28-31(8,9)17-13-15-25-21(23)19(3)4/h29H,1,3,12-17H2,2,4-11H3. The summed E-state index contributed by atoms with van der Waals surface area (Å²) in [5.74, 6) is -0.691. The van der Waals surface area contributed by atoms with E-state index in [1.165, 1.54) is 0 Å². The van der Waals surface area contributed by atoms with Crippen molar-refractivity contribution >= 4 is 46.4 Å². The van der Waals surface area contributed by atoms with Gasteiger partial charge in [0.05, 0.1) is 13.2 Å². The zero-order valence-corrected chi connectivity index (χ0v) is 25.7. The summed E-state index contributed by atoms with van der Waals surface area (Å²) in [7, 11) is -8.10. The monoisotopic (exact) mass is 520 g/mol. The van der Waals surface area contributed by atoms with Crippen LogP contribution in [0.4, 0.5) is 0 Å². The van der Waals surface area contributed by atoms with Gasteiger partial charge in [-0.15, -0.1) is 0 Å². The van der Waals surface area contributed by atoms with Crippen molar-refractivity contribution < 1.29 is 31.4 Å². The predicted octanol–water partition coefficient (Wildman–Crippen LogP) is 5.02. The van der Waals surface area contributed by atoms with Crippen molar-refractivity contribution in [3.8, 4) is 0 Å². The van der Waals surface area contributed by atoms with Gasteiger partial charge in [0.2, 0.25) is 0 Å². The molecule has 0 spiro atoms. The highest BCUT2D eigenvalue weighted by molar-refractivity contribution is 6.85. The zero-order valence-electron chi connectivity index (χ0n) is 21.6. The minimum atomic E-state index is -2.35. The normalized spacial score (nSPS) is 13.4. The Labute approximate surface area is 199 Å². The van der Waals surface area contributed by atoms with Crippen LogP contribution in [0.25, 0.3) is 0 Å². The summed E-state index contributed by atoms with van der Waals surface area (Å²) in [4.78, 5) is 23.0. The van der Waals surface area contributed by atoms with E-state index in [1.807, 2.05) is 0 Å². The van der Waals surface area contributed by atoms with Crippen molar-refractivity contribution in [2.45, 2.75) is 84.6 Å². The van der Waals surface area contributed by atoms with Gasteiger partial charge in [-0.05, 0) is 84.6 Å². The Kier molecular flexibility index (Phi) is 13.4. The van der Waals surface area contributed by atoms with E-state index in [2.05, 4.69) is 59.0 Å². The SMILES string of the molecule is C=C(C)C(=O)OCCC[Si](C)(C)O[SiH](C)O[Si](C)(C)O[Si](C)(C)CCCOC(=O)C(=C)C. The summed E-state index contributed by atoms with van der Waals surface area (Å²) in [6, 6.07) is 1.78. The van der Waals surface area contributed by atoms with E-state index >= 15 is 0 Å². The molecule has 1 unspecified atom stereocenters. The van der Waals surface area contributed by atoms with Gasteiger partial charge in [0.25, 0.3) is 9.28 Å². The van der Waals surface area contributed by atoms with Gasteiger partial charge in [-0.25, -0.2) is 9.59 Å². The smallest absolute Gasteiger partial charge is 0.333 e. The molecule has 0 saturated heterocycles. The van der Waals surface area contributed by atoms with Crippen molar-refractivity contribution in [3.05, 3.63) is 24.3 Å². The van der Waals surface area contributed by atoms with Gasteiger partial charge >= 0.3 is 20.5 Å². The summed E-state index contributed by atoms with van der Waals surface area (Å²) in [6.07, 6.45) is 1.54. The summed E-state index contributed by atoms with van der Waals surface area (Å²) >= 11 is 0. The lowest BCUT2D eigenvalue weighted by Crippen LogP contribution is -2.51. The summed E-state index contributed by atoms with van der Waals surface area (Å²) in [5, 5.41) is 0. The molecule has 0 saturated carbocycles. The minimum absolute atomic E-state index is 0.345. The first-order valence-electron chi connectivity index (χ1n) is 11.2. The van der Waals surface area contributed by atoms with Gasteiger partial charge in [-0.2, -0.15) is 0 Å². The van der Waals surface area contributed by atoms with Crippen molar-refractivity contribution in [1.29, 1.82) is 0 Å². The third-order valence-electron chi connectivity index (χ3n) is 4.47. The zero-order chi connectivity index (χ0) is 25.2. The predicted molar refractivity (Wildman–Crippen MR) is 139 cm³/mol. The van der Waals surface area contributed by atoms with Crippen molar-refractivity contribution in [2.75, 3.05) is 13.2 Å². The summed E-state index contributed by atoms with van der Waals surface area (Å²) < 4.78 is 29.6. The fourth-order valence-electron chi connectivity index (χ4n) is 3.24. The Hall–Kier alpha value is -0.832. The Morgan fingerprint density at radius 1 is 0.750 bits per heavy atom. The largest absolute Gasteiger partial charge is 0.462 e. The topological polar surface area (TPSA) is 80.3 Å². The maximum Gasteiger partial charge on any atom is 0.333 e. The molecule has 0 N–H and O–H groups in total. The molecule has 0 radical (unpaired) electrons. The molecule has 7 nitrogen and oxygen atoms in total. The molecule has 0 heterocycles. The Morgan fingerprint density at radius 2 is 1.16 bits per heavy atom. The van der Waals surface area contributed by atoms with Gasteiger partial charge in [0.1, 0.15) is 0 Å². The van der Waals surface area contributed by atoms with E-state index in [9.17, 15) is 9.59 Å². The highest BCUT2D eigenvalue weighted by Gasteiger charge is 2.37. The molecule has 0 aromatic heterocycles. The molecule has 1 atom stereocenters. The van der Waals surface area contributed by atoms with Crippen LogP contribution >= 0.6 is 0 Å². The van der Waals surface area contributed by atoms with Gasteiger partial charge in [0, 0.05) is 11.1 Å². The van der Waals surface area contributed by atoms with Gasteiger partial charge in [-0.3, -0.25) is 0 Å². The number of hydrogen-bond acceptors (Lipinski definition) is 7. The number of ether oxygens (including phenoxy) is 2. The number of rotatable bonds is 16. The maximum absolute atomic E-state index is 11.5. The number of carbonyl (C=O) groups is 2. The Bertz CT molecular complexity index is 663. The van der Waals surface area contributed by atoms with E-state index in [4.69, 9.17) is 21.8 Å². The number of esters is 2. The summed E-state index contributed by atoms with van der Waals surface area (Å²) in [6.45, 7) is 26.1.